The lowest BCUT2D eigenvalue weighted by Gasteiger charge is -2.38. The first-order chi connectivity index (χ1) is 15.4. The second-order valence-corrected chi connectivity index (χ2v) is 9.05. The van der Waals surface area contributed by atoms with Gasteiger partial charge in [-0.05, 0) is 63.4 Å². The molecule has 170 valence electrons. The first kappa shape index (κ1) is 22.3. The molecule has 2 aromatic carbocycles. The second kappa shape index (κ2) is 9.33. The lowest BCUT2D eigenvalue weighted by atomic mass is 10.0. The summed E-state index contributed by atoms with van der Waals surface area (Å²) < 4.78 is 7.84. The van der Waals surface area contributed by atoms with Crippen LogP contribution in [0.25, 0.3) is 11.0 Å². The van der Waals surface area contributed by atoms with Crippen molar-refractivity contribution in [3.05, 3.63) is 59.4 Å². The van der Waals surface area contributed by atoms with Gasteiger partial charge in [-0.1, -0.05) is 18.2 Å². The highest BCUT2D eigenvalue weighted by Gasteiger charge is 2.28. The van der Waals surface area contributed by atoms with E-state index in [0.717, 1.165) is 48.4 Å². The fourth-order valence-electron chi connectivity index (χ4n) is 4.73. The molecule has 2 heterocycles. The van der Waals surface area contributed by atoms with Gasteiger partial charge in [-0.3, -0.25) is 4.79 Å². The molecule has 1 aliphatic heterocycles. The number of fused-ring (bicyclic) bond motifs is 1. The number of ether oxygens (including phenoxy) is 1. The maximum absolute atomic E-state index is 13.3. The van der Waals surface area contributed by atoms with E-state index in [4.69, 9.17) is 4.74 Å². The molecule has 32 heavy (non-hydrogen) atoms. The van der Waals surface area contributed by atoms with Gasteiger partial charge in [0.15, 0.2) is 0 Å². The van der Waals surface area contributed by atoms with Crippen molar-refractivity contribution in [2.75, 3.05) is 27.2 Å². The molecule has 3 aromatic rings. The molecule has 0 N–H and O–H groups in total. The van der Waals surface area contributed by atoms with Crippen LogP contribution in [0.4, 0.5) is 0 Å². The molecule has 0 aliphatic carbocycles. The Morgan fingerprint density at radius 2 is 1.91 bits per heavy atom. The van der Waals surface area contributed by atoms with Gasteiger partial charge in [0, 0.05) is 38.8 Å². The molecule has 1 saturated heterocycles. The molecule has 1 aromatic heterocycles. The standard InChI is InChI=1S/C26H34N4O2/c1-18(2)29-14-12-21(13-15-29)28(4)26(31)22-11-10-20(16-25(22)32-5)17-30-19(3)27-23-8-6-7-9-24(23)30/h6-11,16,18,21H,12-15,17H2,1-5H3. The number of para-hydroxylation sites is 2. The number of amides is 1. The van der Waals surface area contributed by atoms with Crippen molar-refractivity contribution < 1.29 is 9.53 Å². The third-order valence-corrected chi connectivity index (χ3v) is 6.78. The minimum absolute atomic E-state index is 0.0284. The predicted octanol–water partition coefficient (Wildman–Crippen LogP) is 4.35. The highest BCUT2D eigenvalue weighted by atomic mass is 16.5. The zero-order valence-electron chi connectivity index (χ0n) is 19.8. The third-order valence-electron chi connectivity index (χ3n) is 6.78. The largest absolute Gasteiger partial charge is 0.496 e. The molecule has 0 saturated carbocycles. The number of benzene rings is 2. The lowest BCUT2D eigenvalue weighted by Crippen LogP contribution is -2.47. The summed E-state index contributed by atoms with van der Waals surface area (Å²) in [6.45, 7) is 9.24. The molecule has 0 radical (unpaired) electrons. The SMILES string of the molecule is COc1cc(Cn2c(C)nc3ccccc32)ccc1C(=O)N(C)C1CCN(C(C)C)CC1. The Hall–Kier alpha value is -2.86. The van der Waals surface area contributed by atoms with Gasteiger partial charge >= 0.3 is 0 Å². The van der Waals surface area contributed by atoms with E-state index in [1.54, 1.807) is 7.11 Å². The third kappa shape index (κ3) is 4.37. The zero-order chi connectivity index (χ0) is 22.8. The summed E-state index contributed by atoms with van der Waals surface area (Å²) in [6, 6.07) is 14.9. The van der Waals surface area contributed by atoms with Gasteiger partial charge in [-0.2, -0.15) is 0 Å². The highest BCUT2D eigenvalue weighted by Crippen LogP contribution is 2.26. The van der Waals surface area contributed by atoms with Gasteiger partial charge in [0.05, 0.1) is 23.7 Å². The van der Waals surface area contributed by atoms with Crippen molar-refractivity contribution in [1.29, 1.82) is 0 Å². The van der Waals surface area contributed by atoms with Gasteiger partial charge in [0.2, 0.25) is 0 Å². The number of piperidine rings is 1. The fraction of sp³-hybridized carbons (Fsp3) is 0.462. The Balaban J connectivity index is 1.52. The monoisotopic (exact) mass is 434 g/mol. The van der Waals surface area contributed by atoms with Crippen molar-refractivity contribution in [3.8, 4) is 5.75 Å². The second-order valence-electron chi connectivity index (χ2n) is 9.05. The number of methoxy groups -OCH3 is 1. The number of aromatic nitrogens is 2. The average molecular weight is 435 g/mol. The van der Waals surface area contributed by atoms with Gasteiger partial charge in [0.25, 0.3) is 5.91 Å². The number of aryl methyl sites for hydroxylation is 1. The fourth-order valence-corrected chi connectivity index (χ4v) is 4.73. The van der Waals surface area contributed by atoms with Gasteiger partial charge in [-0.15, -0.1) is 0 Å². The molecule has 4 rings (SSSR count). The Morgan fingerprint density at radius 1 is 1.19 bits per heavy atom. The van der Waals surface area contributed by atoms with Crippen molar-refractivity contribution in [1.82, 2.24) is 19.4 Å². The molecule has 0 spiro atoms. The number of carbonyl (C=O) groups excluding carboxylic acids is 1. The molecule has 0 atom stereocenters. The summed E-state index contributed by atoms with van der Waals surface area (Å²) >= 11 is 0. The Kier molecular flexibility index (Phi) is 6.51. The molecule has 6 heteroatoms. The normalized spacial score (nSPS) is 15.4. The number of rotatable bonds is 6. The predicted molar refractivity (Wildman–Crippen MR) is 128 cm³/mol. The van der Waals surface area contributed by atoms with Crippen LogP contribution in [0.3, 0.4) is 0 Å². The number of hydrogen-bond acceptors (Lipinski definition) is 4. The summed E-state index contributed by atoms with van der Waals surface area (Å²) in [6.07, 6.45) is 2.02. The van der Waals surface area contributed by atoms with E-state index in [2.05, 4.69) is 34.4 Å². The van der Waals surface area contributed by atoms with E-state index >= 15 is 0 Å². The van der Waals surface area contributed by atoms with Crippen molar-refractivity contribution in [3.63, 3.8) is 0 Å². The van der Waals surface area contributed by atoms with Crippen LogP contribution in [-0.4, -0.2) is 64.6 Å². The number of nitrogens with zero attached hydrogens (tertiary/aromatic N) is 4. The first-order valence-electron chi connectivity index (χ1n) is 11.5. The molecule has 6 nitrogen and oxygen atoms in total. The lowest BCUT2D eigenvalue weighted by molar-refractivity contribution is 0.0612. The molecule has 1 aliphatic rings. The van der Waals surface area contributed by atoms with E-state index in [1.165, 1.54) is 0 Å². The van der Waals surface area contributed by atoms with Gasteiger partial charge < -0.3 is 19.1 Å². The summed E-state index contributed by atoms with van der Waals surface area (Å²) in [5.74, 6) is 1.62. The Labute approximate surface area is 190 Å². The maximum atomic E-state index is 13.3. The van der Waals surface area contributed by atoms with E-state index in [0.29, 0.717) is 23.9 Å². The van der Waals surface area contributed by atoms with E-state index < -0.39 is 0 Å². The number of imidazole rings is 1. The summed E-state index contributed by atoms with van der Waals surface area (Å²) in [5, 5.41) is 0. The van der Waals surface area contributed by atoms with Crippen LogP contribution in [0.2, 0.25) is 0 Å². The number of carbonyl (C=O) groups is 1. The zero-order valence-corrected chi connectivity index (χ0v) is 19.8. The summed E-state index contributed by atoms with van der Waals surface area (Å²) in [5.41, 5.74) is 3.81. The van der Waals surface area contributed by atoms with Crippen LogP contribution < -0.4 is 4.74 Å². The van der Waals surface area contributed by atoms with Crippen LogP contribution in [0.1, 0.15) is 48.4 Å². The van der Waals surface area contributed by atoms with Crippen LogP contribution in [-0.2, 0) is 6.54 Å². The molecule has 0 bridgehead atoms. The summed E-state index contributed by atoms with van der Waals surface area (Å²) in [7, 11) is 3.56. The molecular formula is C26H34N4O2. The van der Waals surface area contributed by atoms with Gasteiger partial charge in [-0.25, -0.2) is 4.98 Å². The van der Waals surface area contributed by atoms with E-state index in [9.17, 15) is 4.79 Å². The first-order valence-corrected chi connectivity index (χ1v) is 11.5. The van der Waals surface area contributed by atoms with Crippen molar-refractivity contribution >= 4 is 16.9 Å². The average Bonchev–Trinajstić information content (AvgIpc) is 3.13. The smallest absolute Gasteiger partial charge is 0.257 e. The Bertz CT molecular complexity index is 1100. The van der Waals surface area contributed by atoms with Crippen molar-refractivity contribution in [2.45, 2.75) is 52.2 Å². The van der Waals surface area contributed by atoms with E-state index in [1.807, 2.05) is 55.3 Å². The minimum Gasteiger partial charge on any atom is -0.496 e. The highest BCUT2D eigenvalue weighted by molar-refractivity contribution is 5.97. The maximum Gasteiger partial charge on any atom is 0.257 e. The number of likely N-dealkylation sites (tertiary alicyclic amines) is 1. The minimum atomic E-state index is 0.0284. The Morgan fingerprint density at radius 3 is 2.59 bits per heavy atom. The topological polar surface area (TPSA) is 50.6 Å². The van der Waals surface area contributed by atoms with Gasteiger partial charge in [0.1, 0.15) is 11.6 Å². The molecule has 1 amide bonds. The van der Waals surface area contributed by atoms with Crippen molar-refractivity contribution in [2.24, 2.45) is 0 Å². The molecule has 0 unspecified atom stereocenters. The van der Waals surface area contributed by atoms with E-state index in [-0.39, 0.29) is 11.9 Å². The van der Waals surface area contributed by atoms with Crippen LogP contribution in [0.15, 0.2) is 42.5 Å². The molecule has 1 fully saturated rings. The van der Waals surface area contributed by atoms with Crippen LogP contribution in [0, 0.1) is 6.92 Å². The molecular weight excluding hydrogens is 400 g/mol. The quantitative estimate of drug-likeness (QED) is 0.579. The van der Waals surface area contributed by atoms with Crippen LogP contribution >= 0.6 is 0 Å². The summed E-state index contributed by atoms with van der Waals surface area (Å²) in [4.78, 5) is 22.4. The van der Waals surface area contributed by atoms with Crippen LogP contribution in [0.5, 0.6) is 5.75 Å². The number of hydrogen-bond donors (Lipinski definition) is 0.